The van der Waals surface area contributed by atoms with E-state index in [9.17, 15) is 9.90 Å². The van der Waals surface area contributed by atoms with Crippen LogP contribution < -0.4 is 0 Å². The number of hydrogen-bond acceptors (Lipinski definition) is 8. The molecule has 4 aromatic rings. The van der Waals surface area contributed by atoms with Crippen LogP contribution in [-0.4, -0.2) is 28.9 Å². The first-order chi connectivity index (χ1) is 14.2. The zero-order valence-electron chi connectivity index (χ0n) is 15.4. The first-order valence-corrected chi connectivity index (χ1v) is 9.67. The Morgan fingerprint density at radius 1 is 1.28 bits per heavy atom. The quantitative estimate of drug-likeness (QED) is 0.344. The first kappa shape index (κ1) is 18.7. The van der Waals surface area contributed by atoms with Gasteiger partial charge < -0.3 is 18.7 Å². The Hall–Kier alpha value is -3.65. The molecule has 4 rings (SSSR count). The van der Waals surface area contributed by atoms with Crippen molar-refractivity contribution in [3.63, 3.8) is 0 Å². The second-order valence-electron chi connectivity index (χ2n) is 5.86. The monoisotopic (exact) mass is 408 g/mol. The van der Waals surface area contributed by atoms with Crippen LogP contribution in [0.25, 0.3) is 22.8 Å². The minimum Gasteiger partial charge on any atom is -0.479 e. The molecule has 8 heteroatoms. The smallest absolute Gasteiger partial charge is 0.341 e. The molecule has 1 aromatic carbocycles. The normalized spacial score (nSPS) is 11.2. The third kappa shape index (κ3) is 3.83. The fraction of sp³-hybridized carbons (Fsp3) is 0.0952. The molecule has 0 atom stereocenters. The SMILES string of the molecule is CCOC(=O)c1c(-c2ccccc2)csc1N=Cc1nc(-c2ccco2)oc1O. The Kier molecular flexibility index (Phi) is 5.26. The lowest BCUT2D eigenvalue weighted by Crippen LogP contribution is -2.05. The van der Waals surface area contributed by atoms with Crippen LogP contribution in [0.4, 0.5) is 5.00 Å². The molecule has 3 aromatic heterocycles. The molecular weight excluding hydrogens is 392 g/mol. The molecule has 0 saturated carbocycles. The van der Waals surface area contributed by atoms with Gasteiger partial charge in [0.05, 0.1) is 19.1 Å². The topological polar surface area (TPSA) is 98.1 Å². The lowest BCUT2D eigenvalue weighted by Gasteiger charge is -2.05. The molecule has 0 aliphatic heterocycles. The summed E-state index contributed by atoms with van der Waals surface area (Å²) in [5.74, 6) is -0.330. The first-order valence-electron chi connectivity index (χ1n) is 8.79. The summed E-state index contributed by atoms with van der Waals surface area (Å²) in [5, 5.41) is 12.3. The average molecular weight is 408 g/mol. The van der Waals surface area contributed by atoms with E-state index in [0.717, 1.165) is 11.1 Å². The number of thiophene rings is 1. The molecule has 0 bridgehead atoms. The molecule has 0 aliphatic rings. The van der Waals surface area contributed by atoms with Crippen LogP contribution in [0.3, 0.4) is 0 Å². The molecule has 29 heavy (non-hydrogen) atoms. The number of benzene rings is 1. The van der Waals surface area contributed by atoms with Crippen LogP contribution in [0, 0.1) is 0 Å². The molecular formula is C21H16N2O5S. The Labute approximate surface area is 169 Å². The third-order valence-electron chi connectivity index (χ3n) is 4.01. The van der Waals surface area contributed by atoms with Gasteiger partial charge in [-0.2, -0.15) is 0 Å². The molecule has 0 saturated heterocycles. The van der Waals surface area contributed by atoms with Gasteiger partial charge in [-0.3, -0.25) is 0 Å². The zero-order chi connectivity index (χ0) is 20.2. The van der Waals surface area contributed by atoms with Gasteiger partial charge in [-0.25, -0.2) is 14.8 Å². The molecule has 0 unspecified atom stereocenters. The number of aromatic nitrogens is 1. The Morgan fingerprint density at radius 3 is 2.83 bits per heavy atom. The number of furan rings is 1. The van der Waals surface area contributed by atoms with Gasteiger partial charge in [-0.1, -0.05) is 30.3 Å². The molecule has 0 fully saturated rings. The lowest BCUT2D eigenvalue weighted by molar-refractivity contribution is 0.0529. The Morgan fingerprint density at radius 2 is 2.10 bits per heavy atom. The van der Waals surface area contributed by atoms with Crippen molar-refractivity contribution in [1.82, 2.24) is 4.98 Å². The summed E-state index contributed by atoms with van der Waals surface area (Å²) in [6, 6.07) is 12.9. The van der Waals surface area contributed by atoms with Crippen LogP contribution in [0.5, 0.6) is 5.95 Å². The molecule has 7 nitrogen and oxygen atoms in total. The van der Waals surface area contributed by atoms with Gasteiger partial charge in [0, 0.05) is 10.9 Å². The van der Waals surface area contributed by atoms with E-state index in [2.05, 4.69) is 9.98 Å². The van der Waals surface area contributed by atoms with E-state index < -0.39 is 11.9 Å². The number of carbonyl (C=O) groups is 1. The predicted octanol–water partition coefficient (Wildman–Crippen LogP) is 5.30. The van der Waals surface area contributed by atoms with Gasteiger partial charge >= 0.3 is 11.9 Å². The van der Waals surface area contributed by atoms with Crippen molar-refractivity contribution >= 4 is 28.5 Å². The maximum Gasteiger partial charge on any atom is 0.341 e. The fourth-order valence-electron chi connectivity index (χ4n) is 2.71. The van der Waals surface area contributed by atoms with Crippen molar-refractivity contribution in [2.24, 2.45) is 4.99 Å². The summed E-state index contributed by atoms with van der Waals surface area (Å²) < 4.78 is 15.6. The molecule has 1 N–H and O–H groups in total. The van der Waals surface area contributed by atoms with Crippen molar-refractivity contribution in [3.05, 3.63) is 65.4 Å². The van der Waals surface area contributed by atoms with Crippen LogP contribution in [0.1, 0.15) is 23.0 Å². The van der Waals surface area contributed by atoms with Crippen molar-refractivity contribution in [1.29, 1.82) is 0 Å². The summed E-state index contributed by atoms with van der Waals surface area (Å²) in [6.07, 6.45) is 2.82. The number of nitrogens with zero attached hydrogens (tertiary/aromatic N) is 2. The van der Waals surface area contributed by atoms with Gasteiger partial charge in [0.15, 0.2) is 11.5 Å². The maximum atomic E-state index is 12.6. The number of aromatic hydroxyl groups is 1. The summed E-state index contributed by atoms with van der Waals surface area (Å²) >= 11 is 1.30. The highest BCUT2D eigenvalue weighted by Gasteiger charge is 2.21. The van der Waals surface area contributed by atoms with Crippen LogP contribution in [0.2, 0.25) is 0 Å². The number of oxazole rings is 1. The lowest BCUT2D eigenvalue weighted by atomic mass is 10.0. The molecule has 3 heterocycles. The van der Waals surface area contributed by atoms with Gasteiger partial charge in [0.25, 0.3) is 5.89 Å². The van der Waals surface area contributed by atoms with Gasteiger partial charge in [-0.15, -0.1) is 11.3 Å². The van der Waals surface area contributed by atoms with E-state index in [0.29, 0.717) is 16.3 Å². The van der Waals surface area contributed by atoms with E-state index in [4.69, 9.17) is 13.6 Å². The summed E-state index contributed by atoms with van der Waals surface area (Å²) in [7, 11) is 0. The fourth-order valence-corrected chi connectivity index (χ4v) is 3.61. The highest BCUT2D eigenvalue weighted by molar-refractivity contribution is 7.14. The summed E-state index contributed by atoms with van der Waals surface area (Å²) in [4.78, 5) is 21.1. The van der Waals surface area contributed by atoms with Crippen molar-refractivity contribution < 1.29 is 23.5 Å². The average Bonchev–Trinajstić information content (AvgIpc) is 3.47. The highest BCUT2D eigenvalue weighted by atomic mass is 32.1. The van der Waals surface area contributed by atoms with Crippen LogP contribution in [0.15, 0.2) is 67.9 Å². The van der Waals surface area contributed by atoms with Crippen LogP contribution >= 0.6 is 11.3 Å². The molecule has 0 radical (unpaired) electrons. The Bertz CT molecular complexity index is 1140. The van der Waals surface area contributed by atoms with Gasteiger partial charge in [0.2, 0.25) is 0 Å². The minimum atomic E-state index is -0.458. The van der Waals surface area contributed by atoms with Gasteiger partial charge in [-0.05, 0) is 24.6 Å². The van der Waals surface area contributed by atoms with Crippen molar-refractivity contribution in [2.75, 3.05) is 6.61 Å². The van der Waals surface area contributed by atoms with E-state index in [-0.39, 0.29) is 18.2 Å². The number of aliphatic imine (C=N–C) groups is 1. The zero-order valence-corrected chi connectivity index (χ0v) is 16.2. The van der Waals surface area contributed by atoms with E-state index >= 15 is 0 Å². The number of esters is 1. The second kappa shape index (κ2) is 8.15. The molecule has 0 aliphatic carbocycles. The van der Waals surface area contributed by atoms with E-state index in [1.54, 1.807) is 19.1 Å². The number of ether oxygens (including phenoxy) is 1. The van der Waals surface area contributed by atoms with Gasteiger partial charge in [0.1, 0.15) is 10.6 Å². The van der Waals surface area contributed by atoms with Crippen molar-refractivity contribution in [2.45, 2.75) is 6.92 Å². The van der Waals surface area contributed by atoms with E-state index in [1.165, 1.54) is 23.8 Å². The van der Waals surface area contributed by atoms with Crippen LogP contribution in [-0.2, 0) is 4.74 Å². The summed E-state index contributed by atoms with van der Waals surface area (Å²) in [6.45, 7) is 2.00. The van der Waals surface area contributed by atoms with E-state index in [1.807, 2.05) is 35.7 Å². The number of hydrogen-bond donors (Lipinski definition) is 1. The maximum absolute atomic E-state index is 12.6. The number of carbonyl (C=O) groups excluding carboxylic acids is 1. The minimum absolute atomic E-state index is 0.126. The third-order valence-corrected chi connectivity index (χ3v) is 4.89. The molecule has 0 amide bonds. The Balaban J connectivity index is 1.70. The molecule has 0 spiro atoms. The second-order valence-corrected chi connectivity index (χ2v) is 6.72. The van der Waals surface area contributed by atoms with Crippen molar-refractivity contribution in [3.8, 4) is 28.7 Å². The number of rotatable bonds is 6. The summed E-state index contributed by atoms with van der Waals surface area (Å²) in [5.41, 5.74) is 2.12. The predicted molar refractivity (Wildman–Crippen MR) is 109 cm³/mol. The molecule has 146 valence electrons. The highest BCUT2D eigenvalue weighted by Crippen LogP contribution is 2.38. The largest absolute Gasteiger partial charge is 0.479 e. The standard InChI is InChI=1S/C21H16N2O5S/c1-2-26-21(25)17-14(13-7-4-3-5-8-13)12-29-19(17)22-11-15-20(24)28-18(23-15)16-9-6-10-27-16/h3-12,24H,2H2,1H3.